The molecule has 0 spiro atoms. The molecule has 6 heteroatoms. The van der Waals surface area contributed by atoms with Gasteiger partial charge >= 0.3 is 0 Å². The average Bonchev–Trinajstić information content (AvgIpc) is 2.66. The summed E-state index contributed by atoms with van der Waals surface area (Å²) in [7, 11) is -3.50. The van der Waals surface area contributed by atoms with Crippen molar-refractivity contribution in [3.8, 4) is 0 Å². The van der Waals surface area contributed by atoms with Gasteiger partial charge in [-0.1, -0.05) is 36.8 Å². The zero-order valence-electron chi connectivity index (χ0n) is 15.9. The lowest BCUT2D eigenvalue weighted by Crippen LogP contribution is -2.31. The summed E-state index contributed by atoms with van der Waals surface area (Å²) in [5, 5.41) is 2.86. The van der Waals surface area contributed by atoms with Crippen molar-refractivity contribution >= 4 is 21.5 Å². The molecular formula is C21H25NO4S. The third-order valence-corrected chi connectivity index (χ3v) is 6.17. The Morgan fingerprint density at radius 2 is 1.52 bits per heavy atom. The highest BCUT2D eigenvalue weighted by molar-refractivity contribution is 7.91. The van der Waals surface area contributed by atoms with Crippen molar-refractivity contribution in [1.29, 1.82) is 0 Å². The highest BCUT2D eigenvalue weighted by atomic mass is 32.2. The third-order valence-electron chi connectivity index (χ3n) is 4.44. The Morgan fingerprint density at radius 3 is 2.07 bits per heavy atom. The number of amides is 1. The van der Waals surface area contributed by atoms with Crippen LogP contribution in [0.2, 0.25) is 0 Å². The summed E-state index contributed by atoms with van der Waals surface area (Å²) < 4.78 is 24.7. The van der Waals surface area contributed by atoms with Crippen LogP contribution in [0, 0.1) is 6.92 Å². The van der Waals surface area contributed by atoms with E-state index in [0.717, 1.165) is 12.0 Å². The van der Waals surface area contributed by atoms with Crippen molar-refractivity contribution in [2.24, 2.45) is 0 Å². The summed E-state index contributed by atoms with van der Waals surface area (Å²) in [6.07, 6.45) is 0.729. The van der Waals surface area contributed by atoms with Crippen LogP contribution in [-0.2, 0) is 9.84 Å². The van der Waals surface area contributed by atoms with Gasteiger partial charge in [-0.15, -0.1) is 0 Å². The normalized spacial score (nSPS) is 12.4. The summed E-state index contributed by atoms with van der Waals surface area (Å²) in [6.45, 7) is 5.79. The second kappa shape index (κ2) is 8.95. The first-order valence-corrected chi connectivity index (χ1v) is 10.6. The van der Waals surface area contributed by atoms with E-state index in [4.69, 9.17) is 0 Å². The van der Waals surface area contributed by atoms with Gasteiger partial charge in [-0.3, -0.25) is 9.59 Å². The van der Waals surface area contributed by atoms with Crippen molar-refractivity contribution in [2.75, 3.05) is 5.75 Å². The van der Waals surface area contributed by atoms with E-state index in [9.17, 15) is 18.0 Å². The number of Topliss-reactive ketones (excluding diaryl/α,β-unsaturated/α-hetero) is 1. The molecule has 1 N–H and O–H groups in total. The van der Waals surface area contributed by atoms with Crippen LogP contribution in [0.1, 0.15) is 53.0 Å². The molecule has 0 radical (unpaired) electrons. The first-order chi connectivity index (χ1) is 12.7. The standard InChI is InChI=1S/C21H25NO4S/c1-4-16(3)22-21(24)18-9-7-17(8-10-18)20(23)13-14-27(25,26)19-11-5-15(2)6-12-19/h5-12,16H,4,13-14H2,1-3H3,(H,22,24). The van der Waals surface area contributed by atoms with Gasteiger partial charge in [0.1, 0.15) is 0 Å². The van der Waals surface area contributed by atoms with E-state index in [1.54, 1.807) is 48.5 Å². The molecule has 0 bridgehead atoms. The first kappa shape index (κ1) is 20.8. The van der Waals surface area contributed by atoms with Gasteiger partial charge in [-0.25, -0.2) is 8.42 Å². The lowest BCUT2D eigenvalue weighted by molar-refractivity contribution is 0.0936. The van der Waals surface area contributed by atoms with E-state index in [2.05, 4.69) is 5.32 Å². The second-order valence-electron chi connectivity index (χ2n) is 6.67. The number of aryl methyl sites for hydroxylation is 1. The molecule has 1 unspecified atom stereocenters. The number of ketones is 1. The van der Waals surface area contributed by atoms with E-state index >= 15 is 0 Å². The molecule has 0 saturated heterocycles. The first-order valence-electron chi connectivity index (χ1n) is 8.96. The average molecular weight is 388 g/mol. The van der Waals surface area contributed by atoms with Crippen LogP contribution >= 0.6 is 0 Å². The molecular weight excluding hydrogens is 362 g/mol. The molecule has 144 valence electrons. The molecule has 0 aliphatic carbocycles. The van der Waals surface area contributed by atoms with E-state index < -0.39 is 9.84 Å². The van der Waals surface area contributed by atoms with Gasteiger partial charge in [0.05, 0.1) is 10.6 Å². The van der Waals surface area contributed by atoms with Crippen molar-refractivity contribution in [2.45, 2.75) is 44.6 Å². The maximum absolute atomic E-state index is 12.3. The van der Waals surface area contributed by atoms with Crippen LogP contribution in [0.3, 0.4) is 0 Å². The number of sulfone groups is 1. The van der Waals surface area contributed by atoms with Gasteiger partial charge in [0.15, 0.2) is 15.6 Å². The topological polar surface area (TPSA) is 80.3 Å². The summed E-state index contributed by atoms with van der Waals surface area (Å²) >= 11 is 0. The fourth-order valence-corrected chi connectivity index (χ4v) is 3.69. The molecule has 2 aromatic rings. The van der Waals surface area contributed by atoms with Gasteiger partial charge in [0.25, 0.3) is 5.91 Å². The molecule has 0 heterocycles. The molecule has 27 heavy (non-hydrogen) atoms. The fourth-order valence-electron chi connectivity index (χ4n) is 2.45. The molecule has 0 aliphatic rings. The maximum atomic E-state index is 12.3. The van der Waals surface area contributed by atoms with Crippen molar-refractivity contribution in [3.05, 3.63) is 65.2 Å². The lowest BCUT2D eigenvalue weighted by atomic mass is 10.1. The molecule has 1 atom stereocenters. The lowest BCUT2D eigenvalue weighted by Gasteiger charge is -2.11. The smallest absolute Gasteiger partial charge is 0.251 e. The fraction of sp³-hybridized carbons (Fsp3) is 0.333. The van der Waals surface area contributed by atoms with E-state index in [0.29, 0.717) is 11.1 Å². The predicted octanol–water partition coefficient (Wildman–Crippen LogP) is 3.57. The molecule has 5 nitrogen and oxygen atoms in total. The summed E-state index contributed by atoms with van der Waals surface area (Å²) in [4.78, 5) is 24.6. The van der Waals surface area contributed by atoms with Crippen LogP contribution in [0.4, 0.5) is 0 Å². The number of carbonyl (C=O) groups is 2. The Kier molecular flexibility index (Phi) is 6.91. The largest absolute Gasteiger partial charge is 0.350 e. The van der Waals surface area contributed by atoms with Crippen molar-refractivity contribution in [3.63, 3.8) is 0 Å². The van der Waals surface area contributed by atoms with E-state index in [-0.39, 0.29) is 34.8 Å². The number of hydrogen-bond acceptors (Lipinski definition) is 4. The summed E-state index contributed by atoms with van der Waals surface area (Å²) in [5.41, 5.74) is 1.84. The van der Waals surface area contributed by atoms with Crippen LogP contribution in [0.25, 0.3) is 0 Å². The zero-order valence-corrected chi connectivity index (χ0v) is 16.7. The molecule has 0 fully saturated rings. The van der Waals surface area contributed by atoms with Gasteiger partial charge in [0.2, 0.25) is 0 Å². The quantitative estimate of drug-likeness (QED) is 0.702. The predicted molar refractivity (Wildman–Crippen MR) is 106 cm³/mol. The molecule has 1 amide bonds. The summed E-state index contributed by atoms with van der Waals surface area (Å²) in [5.74, 6) is -0.699. The Balaban J connectivity index is 1.99. The van der Waals surface area contributed by atoms with Crippen molar-refractivity contribution in [1.82, 2.24) is 5.32 Å². The number of hydrogen-bond donors (Lipinski definition) is 1. The van der Waals surface area contributed by atoms with Crippen molar-refractivity contribution < 1.29 is 18.0 Å². The van der Waals surface area contributed by atoms with Gasteiger partial charge in [-0.2, -0.15) is 0 Å². The molecule has 0 saturated carbocycles. The van der Waals surface area contributed by atoms with Crippen LogP contribution in [0.5, 0.6) is 0 Å². The number of carbonyl (C=O) groups excluding carboxylic acids is 2. The maximum Gasteiger partial charge on any atom is 0.251 e. The third kappa shape index (κ3) is 5.76. The van der Waals surface area contributed by atoms with Crippen LogP contribution < -0.4 is 5.32 Å². The Hall–Kier alpha value is -2.47. The summed E-state index contributed by atoms with van der Waals surface area (Å²) in [6, 6.07) is 12.9. The minimum Gasteiger partial charge on any atom is -0.350 e. The number of benzene rings is 2. The van der Waals surface area contributed by atoms with Crippen LogP contribution in [-0.4, -0.2) is 31.9 Å². The van der Waals surface area contributed by atoms with Crippen LogP contribution in [0.15, 0.2) is 53.4 Å². The van der Waals surface area contributed by atoms with Gasteiger partial charge in [-0.05, 0) is 44.5 Å². The number of nitrogens with one attached hydrogen (secondary N) is 1. The second-order valence-corrected chi connectivity index (χ2v) is 8.77. The molecule has 0 aromatic heterocycles. The van der Waals surface area contributed by atoms with E-state index in [1.165, 1.54) is 0 Å². The minimum atomic E-state index is -3.50. The monoisotopic (exact) mass is 387 g/mol. The highest BCUT2D eigenvalue weighted by Crippen LogP contribution is 2.15. The zero-order chi connectivity index (χ0) is 20.0. The minimum absolute atomic E-state index is 0.0748. The van der Waals surface area contributed by atoms with Gasteiger partial charge < -0.3 is 5.32 Å². The molecule has 2 aromatic carbocycles. The SMILES string of the molecule is CCC(C)NC(=O)c1ccc(C(=O)CCS(=O)(=O)c2ccc(C)cc2)cc1. The Labute approximate surface area is 160 Å². The molecule has 2 rings (SSSR count). The molecule has 0 aliphatic heterocycles. The van der Waals surface area contributed by atoms with Gasteiger partial charge in [0, 0.05) is 23.6 Å². The number of rotatable bonds is 8. The highest BCUT2D eigenvalue weighted by Gasteiger charge is 2.17. The Morgan fingerprint density at radius 1 is 0.963 bits per heavy atom. The van der Waals surface area contributed by atoms with E-state index in [1.807, 2.05) is 20.8 Å². The Bertz CT molecular complexity index is 900.